The smallest absolute Gasteiger partial charge is 0.0994 e. The predicted molar refractivity (Wildman–Crippen MR) is 82.6 cm³/mol. The van der Waals surface area contributed by atoms with E-state index in [4.69, 9.17) is 0 Å². The first-order chi connectivity index (χ1) is 9.60. The van der Waals surface area contributed by atoms with Crippen LogP contribution in [0.1, 0.15) is 51.0 Å². The Morgan fingerprint density at radius 1 is 1.05 bits per heavy atom. The largest absolute Gasteiger partial charge is 0.384 e. The van der Waals surface area contributed by atoms with Crippen LogP contribution in [-0.2, 0) is 5.60 Å². The van der Waals surface area contributed by atoms with Crippen molar-refractivity contribution in [1.29, 1.82) is 0 Å². The Bertz CT molecular complexity index is 424. The molecule has 3 rings (SSSR count). The Labute approximate surface area is 122 Å². The van der Waals surface area contributed by atoms with E-state index in [0.29, 0.717) is 5.41 Å². The van der Waals surface area contributed by atoms with Gasteiger partial charge in [0.25, 0.3) is 0 Å². The summed E-state index contributed by atoms with van der Waals surface area (Å²) in [5.74, 6) is 0. The number of aliphatic hydroxyl groups is 1. The van der Waals surface area contributed by atoms with Crippen LogP contribution in [0.4, 0.5) is 0 Å². The van der Waals surface area contributed by atoms with Crippen molar-refractivity contribution in [2.24, 2.45) is 5.41 Å². The summed E-state index contributed by atoms with van der Waals surface area (Å²) in [5.41, 5.74) is 0.956. The molecule has 2 heteroatoms. The van der Waals surface area contributed by atoms with E-state index in [1.54, 1.807) is 0 Å². The minimum atomic E-state index is -0.735. The van der Waals surface area contributed by atoms with Crippen LogP contribution in [0.25, 0.3) is 0 Å². The Morgan fingerprint density at radius 2 is 1.65 bits per heavy atom. The van der Waals surface area contributed by atoms with E-state index in [1.807, 2.05) is 37.3 Å². The second-order valence-electron chi connectivity index (χ2n) is 7.12. The number of benzene rings is 1. The molecule has 1 spiro atoms. The van der Waals surface area contributed by atoms with Crippen molar-refractivity contribution in [2.75, 3.05) is 19.6 Å². The molecule has 1 aliphatic carbocycles. The third-order valence-corrected chi connectivity index (χ3v) is 5.51. The summed E-state index contributed by atoms with van der Waals surface area (Å²) in [6.45, 7) is 5.02. The van der Waals surface area contributed by atoms with Crippen LogP contribution in [0.3, 0.4) is 0 Å². The third kappa shape index (κ3) is 2.91. The molecule has 20 heavy (non-hydrogen) atoms. The Morgan fingerprint density at radius 3 is 2.25 bits per heavy atom. The maximum Gasteiger partial charge on any atom is 0.0994 e. The predicted octanol–water partition coefficient (Wildman–Crippen LogP) is 3.55. The van der Waals surface area contributed by atoms with Gasteiger partial charge in [-0.2, -0.15) is 0 Å². The van der Waals surface area contributed by atoms with Gasteiger partial charge in [0.05, 0.1) is 5.60 Å². The number of rotatable bonds is 3. The van der Waals surface area contributed by atoms with E-state index in [0.717, 1.165) is 25.2 Å². The standard InChI is InChI=1S/C18H27NO/c1-17(20,16-7-3-2-4-8-16)15-19-13-11-18(12-14-19)9-5-6-10-18/h2-4,7-8,20H,5-6,9-15H2,1H3. The fraction of sp³-hybridized carbons (Fsp3) is 0.667. The second kappa shape index (κ2) is 5.50. The lowest BCUT2D eigenvalue weighted by atomic mass is 9.77. The van der Waals surface area contributed by atoms with Gasteiger partial charge in [0.2, 0.25) is 0 Å². The zero-order chi connectivity index (χ0) is 14.1. The highest BCUT2D eigenvalue weighted by atomic mass is 16.3. The number of hydrogen-bond donors (Lipinski definition) is 1. The summed E-state index contributed by atoms with van der Waals surface area (Å²) < 4.78 is 0. The molecule has 1 atom stereocenters. The van der Waals surface area contributed by atoms with Crippen molar-refractivity contribution in [3.05, 3.63) is 35.9 Å². The molecule has 0 aromatic heterocycles. The Kier molecular flexibility index (Phi) is 3.87. The molecule has 1 N–H and O–H groups in total. The van der Waals surface area contributed by atoms with Gasteiger partial charge in [0, 0.05) is 6.54 Å². The fourth-order valence-corrected chi connectivity index (χ4v) is 4.13. The summed E-state index contributed by atoms with van der Waals surface area (Å²) in [6.07, 6.45) is 8.41. The third-order valence-electron chi connectivity index (χ3n) is 5.51. The SMILES string of the molecule is CC(O)(CN1CCC2(CCCC2)CC1)c1ccccc1. The van der Waals surface area contributed by atoms with Crippen LogP contribution < -0.4 is 0 Å². The van der Waals surface area contributed by atoms with E-state index in [2.05, 4.69) is 4.90 Å². The molecule has 0 bridgehead atoms. The van der Waals surface area contributed by atoms with E-state index < -0.39 is 5.60 Å². The van der Waals surface area contributed by atoms with Crippen molar-refractivity contribution in [2.45, 2.75) is 51.0 Å². The molecule has 1 saturated heterocycles. The van der Waals surface area contributed by atoms with E-state index >= 15 is 0 Å². The number of nitrogens with zero attached hydrogens (tertiary/aromatic N) is 1. The molecule has 2 fully saturated rings. The molecule has 1 aromatic rings. The fourth-order valence-electron chi connectivity index (χ4n) is 4.13. The summed E-state index contributed by atoms with van der Waals surface area (Å²) in [6, 6.07) is 10.1. The summed E-state index contributed by atoms with van der Waals surface area (Å²) >= 11 is 0. The first-order valence-electron chi connectivity index (χ1n) is 8.10. The molecular formula is C18H27NO. The van der Waals surface area contributed by atoms with Gasteiger partial charge in [0.15, 0.2) is 0 Å². The molecular weight excluding hydrogens is 246 g/mol. The maximum atomic E-state index is 10.8. The van der Waals surface area contributed by atoms with Gasteiger partial charge in [-0.15, -0.1) is 0 Å². The van der Waals surface area contributed by atoms with Crippen LogP contribution in [0, 0.1) is 5.41 Å². The molecule has 0 radical (unpaired) electrons. The zero-order valence-electron chi connectivity index (χ0n) is 12.6. The first kappa shape index (κ1) is 14.1. The molecule has 1 saturated carbocycles. The van der Waals surface area contributed by atoms with Crippen molar-refractivity contribution in [3.63, 3.8) is 0 Å². The highest BCUT2D eigenvalue weighted by molar-refractivity contribution is 5.21. The van der Waals surface area contributed by atoms with E-state index in [-0.39, 0.29) is 0 Å². The highest BCUT2D eigenvalue weighted by Crippen LogP contribution is 2.46. The number of hydrogen-bond acceptors (Lipinski definition) is 2. The Hall–Kier alpha value is -0.860. The van der Waals surface area contributed by atoms with Crippen LogP contribution in [0.2, 0.25) is 0 Å². The van der Waals surface area contributed by atoms with Gasteiger partial charge >= 0.3 is 0 Å². The van der Waals surface area contributed by atoms with Gasteiger partial charge in [-0.25, -0.2) is 0 Å². The minimum absolute atomic E-state index is 0.662. The summed E-state index contributed by atoms with van der Waals surface area (Å²) in [5, 5.41) is 10.8. The molecule has 2 nitrogen and oxygen atoms in total. The number of β-amino-alcohol motifs (C(OH)–C–C–N with tert-alkyl or cyclic N) is 1. The van der Waals surface area contributed by atoms with Crippen LogP contribution in [-0.4, -0.2) is 29.6 Å². The van der Waals surface area contributed by atoms with Crippen molar-refractivity contribution < 1.29 is 5.11 Å². The lowest BCUT2D eigenvalue weighted by Gasteiger charge is -2.41. The zero-order valence-corrected chi connectivity index (χ0v) is 12.6. The van der Waals surface area contributed by atoms with E-state index in [9.17, 15) is 5.11 Å². The molecule has 1 heterocycles. The van der Waals surface area contributed by atoms with Gasteiger partial charge < -0.3 is 10.0 Å². The van der Waals surface area contributed by atoms with Gasteiger partial charge in [0.1, 0.15) is 0 Å². The molecule has 1 aromatic carbocycles. The maximum absolute atomic E-state index is 10.8. The van der Waals surface area contributed by atoms with Crippen molar-refractivity contribution >= 4 is 0 Å². The average molecular weight is 273 g/mol. The Balaban J connectivity index is 1.59. The van der Waals surface area contributed by atoms with Crippen LogP contribution in [0.15, 0.2) is 30.3 Å². The minimum Gasteiger partial charge on any atom is -0.384 e. The topological polar surface area (TPSA) is 23.5 Å². The normalized spacial score (nSPS) is 25.7. The monoisotopic (exact) mass is 273 g/mol. The van der Waals surface area contributed by atoms with Crippen LogP contribution in [0.5, 0.6) is 0 Å². The molecule has 110 valence electrons. The molecule has 0 amide bonds. The van der Waals surface area contributed by atoms with Gasteiger partial charge in [-0.1, -0.05) is 43.2 Å². The number of piperidine rings is 1. The lowest BCUT2D eigenvalue weighted by Crippen LogP contribution is -2.45. The molecule has 1 aliphatic heterocycles. The second-order valence-corrected chi connectivity index (χ2v) is 7.12. The first-order valence-corrected chi connectivity index (χ1v) is 8.10. The molecule has 2 aliphatic rings. The van der Waals surface area contributed by atoms with Gasteiger partial charge in [-0.05, 0) is 56.7 Å². The average Bonchev–Trinajstić information content (AvgIpc) is 2.91. The lowest BCUT2D eigenvalue weighted by molar-refractivity contribution is -0.00510. The van der Waals surface area contributed by atoms with E-state index in [1.165, 1.54) is 38.5 Å². The van der Waals surface area contributed by atoms with Gasteiger partial charge in [-0.3, -0.25) is 0 Å². The highest BCUT2D eigenvalue weighted by Gasteiger charge is 2.38. The molecule has 1 unspecified atom stereocenters. The van der Waals surface area contributed by atoms with Crippen molar-refractivity contribution in [1.82, 2.24) is 4.90 Å². The summed E-state index contributed by atoms with van der Waals surface area (Å²) in [7, 11) is 0. The summed E-state index contributed by atoms with van der Waals surface area (Å²) in [4.78, 5) is 2.45. The van der Waals surface area contributed by atoms with Crippen LogP contribution >= 0.6 is 0 Å². The van der Waals surface area contributed by atoms with Crippen molar-refractivity contribution in [3.8, 4) is 0 Å². The quantitative estimate of drug-likeness (QED) is 0.910. The number of likely N-dealkylation sites (tertiary alicyclic amines) is 1.